The molecule has 1 aliphatic heterocycles. The van der Waals surface area contributed by atoms with Gasteiger partial charge in [-0.05, 0) is 43.1 Å². The molecule has 1 fully saturated rings. The number of hydrogen-bond donors (Lipinski definition) is 1. The quantitative estimate of drug-likeness (QED) is 0.829. The fourth-order valence-electron chi connectivity index (χ4n) is 3.57. The summed E-state index contributed by atoms with van der Waals surface area (Å²) in [5.74, 6) is 1.65. The van der Waals surface area contributed by atoms with Crippen molar-refractivity contribution in [2.24, 2.45) is 0 Å². The molecule has 7 nitrogen and oxygen atoms in total. The number of rotatable bonds is 6. The summed E-state index contributed by atoms with van der Waals surface area (Å²) in [6.45, 7) is 4.51. The van der Waals surface area contributed by atoms with Gasteiger partial charge in [0.05, 0.1) is 0 Å². The normalized spacial score (nSPS) is 17.2. The minimum Gasteiger partial charge on any atom is -0.363 e. The van der Waals surface area contributed by atoms with Gasteiger partial charge in [0.2, 0.25) is 11.9 Å². The van der Waals surface area contributed by atoms with Gasteiger partial charge in [-0.3, -0.25) is 9.69 Å². The van der Waals surface area contributed by atoms with Crippen molar-refractivity contribution in [1.82, 2.24) is 14.9 Å². The van der Waals surface area contributed by atoms with Crippen molar-refractivity contribution in [3.8, 4) is 0 Å². The third-order valence-electron chi connectivity index (χ3n) is 5.11. The molecular formula is C21H30N6O. The highest BCUT2D eigenvalue weighted by molar-refractivity contribution is 5.88. The number of piperidine rings is 1. The van der Waals surface area contributed by atoms with E-state index in [1.165, 1.54) is 12.5 Å². The molecule has 0 aliphatic carbocycles. The van der Waals surface area contributed by atoms with Gasteiger partial charge in [-0.2, -0.15) is 4.98 Å². The number of likely N-dealkylation sites (N-methyl/N-ethyl adjacent to an activating group) is 1. The molecule has 150 valence electrons. The van der Waals surface area contributed by atoms with Gasteiger partial charge in [-0.15, -0.1) is 0 Å². The second kappa shape index (κ2) is 9.01. The fourth-order valence-corrected chi connectivity index (χ4v) is 3.57. The van der Waals surface area contributed by atoms with Gasteiger partial charge in [0.1, 0.15) is 5.82 Å². The molecule has 3 rings (SSSR count). The van der Waals surface area contributed by atoms with E-state index in [1.54, 1.807) is 0 Å². The van der Waals surface area contributed by atoms with Gasteiger partial charge in [0.15, 0.2) is 0 Å². The zero-order chi connectivity index (χ0) is 20.1. The smallest absolute Gasteiger partial charge is 0.227 e. The third-order valence-corrected chi connectivity index (χ3v) is 5.11. The first-order valence-electron chi connectivity index (χ1n) is 9.74. The number of nitrogens with zero attached hydrogens (tertiary/aromatic N) is 5. The van der Waals surface area contributed by atoms with Crippen molar-refractivity contribution >= 4 is 23.4 Å². The Morgan fingerprint density at radius 1 is 1.21 bits per heavy atom. The summed E-state index contributed by atoms with van der Waals surface area (Å²) in [7, 11) is 6.07. The van der Waals surface area contributed by atoms with Crippen LogP contribution >= 0.6 is 0 Å². The van der Waals surface area contributed by atoms with Crippen LogP contribution in [0.4, 0.5) is 17.5 Å². The van der Waals surface area contributed by atoms with Gasteiger partial charge < -0.3 is 15.1 Å². The van der Waals surface area contributed by atoms with Crippen LogP contribution in [0.25, 0.3) is 0 Å². The number of nitrogens with one attached hydrogen (secondary N) is 1. The third kappa shape index (κ3) is 5.19. The van der Waals surface area contributed by atoms with Crippen LogP contribution in [0.5, 0.6) is 0 Å². The minimum atomic E-state index is -0.0461. The van der Waals surface area contributed by atoms with Crippen molar-refractivity contribution in [3.63, 3.8) is 0 Å². The summed E-state index contributed by atoms with van der Waals surface area (Å²) in [5, 5.41) is 2.81. The Morgan fingerprint density at radius 3 is 2.64 bits per heavy atom. The number of benzene rings is 1. The van der Waals surface area contributed by atoms with Crippen LogP contribution in [-0.2, 0) is 11.3 Å². The molecule has 1 amide bonds. The van der Waals surface area contributed by atoms with E-state index in [0.717, 1.165) is 49.9 Å². The largest absolute Gasteiger partial charge is 0.363 e. The van der Waals surface area contributed by atoms with Gasteiger partial charge >= 0.3 is 0 Å². The molecule has 1 saturated heterocycles. The van der Waals surface area contributed by atoms with Crippen LogP contribution in [0, 0.1) is 0 Å². The molecule has 7 heteroatoms. The molecule has 2 aromatic rings. The lowest BCUT2D eigenvalue weighted by Crippen LogP contribution is -2.46. The average molecular weight is 383 g/mol. The molecule has 0 saturated carbocycles. The Morgan fingerprint density at radius 2 is 1.96 bits per heavy atom. The predicted molar refractivity (Wildman–Crippen MR) is 114 cm³/mol. The maximum absolute atomic E-state index is 11.2. The fraction of sp³-hybridized carbons (Fsp3) is 0.476. The summed E-state index contributed by atoms with van der Waals surface area (Å²) in [6.07, 6.45) is 4.13. The first kappa shape index (κ1) is 20.1. The van der Waals surface area contributed by atoms with Crippen molar-refractivity contribution in [3.05, 3.63) is 42.1 Å². The molecule has 1 N–H and O–H groups in total. The van der Waals surface area contributed by atoms with Gasteiger partial charge in [-0.25, -0.2) is 4.98 Å². The standard InChI is InChI=1S/C21H30N6O/c1-16(28)23-18-9-7-17(8-10-18)14-27-13-5-6-19(15-27)26(4)21-22-12-11-20(24-21)25(2)3/h7-12,19H,5-6,13-15H2,1-4H3,(H,23,28). The van der Waals surface area contributed by atoms with E-state index in [4.69, 9.17) is 0 Å². The van der Waals surface area contributed by atoms with E-state index >= 15 is 0 Å². The highest BCUT2D eigenvalue weighted by Crippen LogP contribution is 2.22. The summed E-state index contributed by atoms with van der Waals surface area (Å²) < 4.78 is 0. The van der Waals surface area contributed by atoms with Crippen LogP contribution in [0.3, 0.4) is 0 Å². The first-order chi connectivity index (χ1) is 13.4. The number of carbonyl (C=O) groups is 1. The second-order valence-electron chi connectivity index (χ2n) is 7.63. The Labute approximate surface area is 167 Å². The van der Waals surface area contributed by atoms with Crippen molar-refractivity contribution in [2.75, 3.05) is 49.3 Å². The number of aromatic nitrogens is 2. The van der Waals surface area contributed by atoms with Crippen LogP contribution in [0.15, 0.2) is 36.5 Å². The van der Waals surface area contributed by atoms with E-state index in [2.05, 4.69) is 44.3 Å². The predicted octanol–water partition coefficient (Wildman–Crippen LogP) is 2.60. The number of anilines is 3. The Hall–Kier alpha value is -2.67. The zero-order valence-electron chi connectivity index (χ0n) is 17.2. The van der Waals surface area contributed by atoms with Crippen LogP contribution < -0.4 is 15.1 Å². The van der Waals surface area contributed by atoms with Crippen molar-refractivity contribution in [1.29, 1.82) is 0 Å². The summed E-state index contributed by atoms with van der Waals surface area (Å²) >= 11 is 0. The molecule has 1 atom stereocenters. The van der Waals surface area contributed by atoms with Crippen LogP contribution in [-0.4, -0.2) is 61.0 Å². The zero-order valence-corrected chi connectivity index (χ0v) is 17.2. The lowest BCUT2D eigenvalue weighted by Gasteiger charge is -2.37. The van der Waals surface area contributed by atoms with E-state index in [-0.39, 0.29) is 5.91 Å². The molecule has 28 heavy (non-hydrogen) atoms. The minimum absolute atomic E-state index is 0.0461. The number of likely N-dealkylation sites (tertiary alicyclic amines) is 1. The SMILES string of the molecule is CC(=O)Nc1ccc(CN2CCCC(N(C)c3nccc(N(C)C)n3)C2)cc1. The van der Waals surface area contributed by atoms with Gasteiger partial charge in [0.25, 0.3) is 0 Å². The second-order valence-corrected chi connectivity index (χ2v) is 7.63. The summed E-state index contributed by atoms with van der Waals surface area (Å²) in [5.41, 5.74) is 2.09. The van der Waals surface area contributed by atoms with Crippen molar-refractivity contribution in [2.45, 2.75) is 32.4 Å². The van der Waals surface area contributed by atoms with Gasteiger partial charge in [0, 0.05) is 59.1 Å². The van der Waals surface area contributed by atoms with E-state index in [0.29, 0.717) is 6.04 Å². The van der Waals surface area contributed by atoms with Crippen LogP contribution in [0.1, 0.15) is 25.3 Å². The molecule has 0 spiro atoms. The molecule has 0 bridgehead atoms. The molecular weight excluding hydrogens is 352 g/mol. The summed E-state index contributed by atoms with van der Waals surface area (Å²) in [6, 6.07) is 10.4. The summed E-state index contributed by atoms with van der Waals surface area (Å²) in [4.78, 5) is 27.0. The average Bonchev–Trinajstić information content (AvgIpc) is 2.69. The Kier molecular flexibility index (Phi) is 6.46. The molecule has 1 unspecified atom stereocenters. The van der Waals surface area contributed by atoms with E-state index in [9.17, 15) is 4.79 Å². The molecule has 2 heterocycles. The lowest BCUT2D eigenvalue weighted by molar-refractivity contribution is -0.114. The Bertz CT molecular complexity index is 792. The molecule has 0 radical (unpaired) electrons. The number of carbonyl (C=O) groups excluding carboxylic acids is 1. The van der Waals surface area contributed by atoms with E-state index < -0.39 is 0 Å². The molecule has 1 aliphatic rings. The number of amides is 1. The topological polar surface area (TPSA) is 64.6 Å². The number of hydrogen-bond acceptors (Lipinski definition) is 6. The maximum atomic E-state index is 11.2. The van der Waals surface area contributed by atoms with Crippen molar-refractivity contribution < 1.29 is 4.79 Å². The van der Waals surface area contributed by atoms with Gasteiger partial charge in [-0.1, -0.05) is 12.1 Å². The molecule has 1 aromatic carbocycles. The maximum Gasteiger partial charge on any atom is 0.227 e. The highest BCUT2D eigenvalue weighted by Gasteiger charge is 2.25. The Balaban J connectivity index is 1.62. The highest BCUT2D eigenvalue weighted by atomic mass is 16.1. The van der Waals surface area contributed by atoms with Crippen LogP contribution in [0.2, 0.25) is 0 Å². The lowest BCUT2D eigenvalue weighted by atomic mass is 10.0. The van der Waals surface area contributed by atoms with E-state index in [1.807, 2.05) is 43.4 Å². The first-order valence-corrected chi connectivity index (χ1v) is 9.74. The molecule has 1 aromatic heterocycles. The monoisotopic (exact) mass is 382 g/mol.